The molecule has 0 saturated heterocycles. The topological polar surface area (TPSA) is 63.3 Å². The molecule has 51 heavy (non-hydrogen) atoms. The molecule has 1 radical (unpaired) electrons. The van der Waals surface area contributed by atoms with Crippen LogP contribution in [0.2, 0.25) is 0 Å². The minimum atomic E-state index is 0. The molecule has 3 aromatic carbocycles. The molecule has 0 saturated carbocycles. The third-order valence-electron chi connectivity index (χ3n) is 9.96. The number of carbonyl (C=O) groups is 1. The average molecular weight is 865 g/mol. The predicted molar refractivity (Wildman–Crippen MR) is 212 cm³/mol. The molecule has 5 rings (SSSR count). The standard InChI is InChI=1S/C33H34NO.C13H24O2.Ir/c1-20(2)16-23-12-14-24(15-13-23)28-19-30(34-31-21(3)22(4)35-32(28)31)26-17-25-10-8-9-11-27(25)29(18-26)33(5,6)7;1-5-10(6-2)12(14)9-13(15)11(7-3)8-4;/h8-15,18-20H,16H2,1-7H3;9-11,14H,5-8H2,1-4H3;/q-1;;/b;12-9-;. The molecule has 2 heterocycles. The molecule has 0 aliphatic carbocycles. The van der Waals surface area contributed by atoms with Crippen molar-refractivity contribution in [2.24, 2.45) is 17.8 Å². The minimum absolute atomic E-state index is 0. The molecule has 0 unspecified atom stereocenters. The van der Waals surface area contributed by atoms with Crippen LogP contribution in [0.5, 0.6) is 0 Å². The number of fused-ring (bicyclic) bond motifs is 2. The fourth-order valence-corrected chi connectivity index (χ4v) is 6.70. The molecular weight excluding hydrogens is 807 g/mol. The Balaban J connectivity index is 0.000000374. The van der Waals surface area contributed by atoms with Crippen molar-refractivity contribution in [1.82, 2.24) is 4.98 Å². The number of carbonyl (C=O) groups excluding carboxylic acids is 1. The van der Waals surface area contributed by atoms with Crippen LogP contribution in [-0.2, 0) is 36.7 Å². The minimum Gasteiger partial charge on any atom is -0.512 e. The van der Waals surface area contributed by atoms with Gasteiger partial charge < -0.3 is 9.52 Å². The molecule has 275 valence electrons. The Hall–Kier alpha value is -3.53. The second-order valence-electron chi connectivity index (χ2n) is 15.2. The maximum Gasteiger partial charge on any atom is 0.162 e. The largest absolute Gasteiger partial charge is 0.512 e. The second-order valence-corrected chi connectivity index (χ2v) is 15.2. The Labute approximate surface area is 320 Å². The summed E-state index contributed by atoms with van der Waals surface area (Å²) in [5.74, 6) is 2.10. The SMILES string of the molecule is CCC(CC)C(=O)/C=C(\O)C(CC)CC.Cc1oc2c(-c3ccc(CC(C)C)cc3)cc(-c3[c-]c4ccccc4c(C(C)(C)C)c3)nc2c1C.[Ir]. The van der Waals surface area contributed by atoms with E-state index in [1.54, 1.807) is 0 Å². The number of aliphatic hydroxyl groups is 1. The summed E-state index contributed by atoms with van der Waals surface area (Å²) in [5.41, 5.74) is 9.74. The summed E-state index contributed by atoms with van der Waals surface area (Å²) in [5, 5.41) is 12.1. The van der Waals surface area contributed by atoms with Gasteiger partial charge in [0.05, 0.1) is 5.76 Å². The number of allylic oxidation sites excluding steroid dienone is 2. The summed E-state index contributed by atoms with van der Waals surface area (Å²) in [7, 11) is 0. The van der Waals surface area contributed by atoms with Crippen LogP contribution in [0.25, 0.3) is 44.3 Å². The van der Waals surface area contributed by atoms with Gasteiger partial charge in [-0.05, 0) is 68.4 Å². The van der Waals surface area contributed by atoms with Crippen molar-refractivity contribution >= 4 is 27.7 Å². The molecule has 4 nitrogen and oxygen atoms in total. The summed E-state index contributed by atoms with van der Waals surface area (Å²) in [6.07, 6.45) is 5.99. The summed E-state index contributed by atoms with van der Waals surface area (Å²) >= 11 is 0. The summed E-state index contributed by atoms with van der Waals surface area (Å²) in [6, 6.07) is 25.6. The maximum atomic E-state index is 11.7. The number of hydrogen-bond donors (Lipinski definition) is 1. The van der Waals surface area contributed by atoms with E-state index in [1.165, 1.54) is 22.6 Å². The quantitative estimate of drug-likeness (QED) is 0.0816. The van der Waals surface area contributed by atoms with Crippen molar-refractivity contribution in [3.05, 3.63) is 101 Å². The number of rotatable bonds is 11. The van der Waals surface area contributed by atoms with E-state index in [4.69, 9.17) is 9.40 Å². The Morgan fingerprint density at radius 3 is 2.08 bits per heavy atom. The van der Waals surface area contributed by atoms with Gasteiger partial charge >= 0.3 is 0 Å². The van der Waals surface area contributed by atoms with Crippen LogP contribution in [-0.4, -0.2) is 15.9 Å². The summed E-state index contributed by atoms with van der Waals surface area (Å²) in [4.78, 5) is 16.8. The van der Waals surface area contributed by atoms with Crippen LogP contribution >= 0.6 is 0 Å². The molecule has 2 aromatic heterocycles. The van der Waals surface area contributed by atoms with Crippen LogP contribution in [0.4, 0.5) is 0 Å². The van der Waals surface area contributed by atoms with E-state index >= 15 is 0 Å². The zero-order valence-corrected chi connectivity index (χ0v) is 35.1. The number of pyridine rings is 1. The van der Waals surface area contributed by atoms with Gasteiger partial charge in [0.15, 0.2) is 11.4 Å². The number of furan rings is 1. The van der Waals surface area contributed by atoms with Gasteiger partial charge in [0, 0.05) is 54.8 Å². The van der Waals surface area contributed by atoms with Crippen molar-refractivity contribution in [2.75, 3.05) is 0 Å². The van der Waals surface area contributed by atoms with E-state index in [1.807, 2.05) is 34.6 Å². The third-order valence-corrected chi connectivity index (χ3v) is 9.96. The Kier molecular flexibility index (Phi) is 15.0. The molecule has 0 fully saturated rings. The van der Waals surface area contributed by atoms with Gasteiger partial charge in [-0.25, -0.2) is 0 Å². The number of aliphatic hydroxyl groups excluding tert-OH is 1. The van der Waals surface area contributed by atoms with Crippen LogP contribution in [0, 0.1) is 37.7 Å². The Morgan fingerprint density at radius 1 is 0.902 bits per heavy atom. The zero-order chi connectivity index (χ0) is 36.7. The molecular formula is C46H58IrNO3-. The number of aryl methyl sites for hydroxylation is 2. The van der Waals surface area contributed by atoms with Crippen LogP contribution in [0.15, 0.2) is 76.9 Å². The maximum absolute atomic E-state index is 11.7. The number of ketones is 1. The van der Waals surface area contributed by atoms with Gasteiger partial charge in [-0.15, -0.1) is 29.1 Å². The monoisotopic (exact) mass is 865 g/mol. The number of aromatic nitrogens is 1. The van der Waals surface area contributed by atoms with E-state index in [9.17, 15) is 9.90 Å². The van der Waals surface area contributed by atoms with Gasteiger partial charge in [-0.2, -0.15) is 0 Å². The zero-order valence-electron chi connectivity index (χ0n) is 32.7. The van der Waals surface area contributed by atoms with Gasteiger partial charge in [0.2, 0.25) is 0 Å². The summed E-state index contributed by atoms with van der Waals surface area (Å²) in [6.45, 7) is 23.5. The first kappa shape index (κ1) is 41.9. The molecule has 5 heteroatoms. The molecule has 0 bridgehead atoms. The first-order valence-corrected chi connectivity index (χ1v) is 18.6. The average Bonchev–Trinajstić information content (AvgIpc) is 3.37. The van der Waals surface area contributed by atoms with Crippen molar-refractivity contribution in [3.8, 4) is 22.4 Å². The molecule has 0 aliphatic rings. The predicted octanol–water partition coefficient (Wildman–Crippen LogP) is 13.1. The first-order chi connectivity index (χ1) is 23.7. The van der Waals surface area contributed by atoms with Crippen molar-refractivity contribution < 1.29 is 34.4 Å². The van der Waals surface area contributed by atoms with Crippen molar-refractivity contribution in [2.45, 2.75) is 114 Å². The molecule has 0 amide bonds. The van der Waals surface area contributed by atoms with Gasteiger partial charge in [0.25, 0.3) is 0 Å². The number of benzene rings is 3. The molecule has 5 aromatic rings. The fourth-order valence-electron chi connectivity index (χ4n) is 6.70. The number of nitrogens with zero attached hydrogens (tertiary/aromatic N) is 1. The molecule has 0 aliphatic heterocycles. The fraction of sp³-hybridized carbons (Fsp3) is 0.435. The van der Waals surface area contributed by atoms with Gasteiger partial charge in [0.1, 0.15) is 11.3 Å². The van der Waals surface area contributed by atoms with Crippen molar-refractivity contribution in [1.29, 1.82) is 0 Å². The second kappa shape index (κ2) is 18.3. The van der Waals surface area contributed by atoms with Crippen LogP contribution < -0.4 is 0 Å². The van der Waals surface area contributed by atoms with E-state index in [2.05, 4.69) is 108 Å². The van der Waals surface area contributed by atoms with Crippen LogP contribution in [0.1, 0.15) is 110 Å². The van der Waals surface area contributed by atoms with E-state index in [0.717, 1.165) is 82.3 Å². The smallest absolute Gasteiger partial charge is 0.162 e. The van der Waals surface area contributed by atoms with Crippen LogP contribution in [0.3, 0.4) is 0 Å². The normalized spacial score (nSPS) is 12.1. The van der Waals surface area contributed by atoms with Crippen molar-refractivity contribution in [3.63, 3.8) is 0 Å². The molecule has 0 spiro atoms. The number of hydrogen-bond acceptors (Lipinski definition) is 4. The third kappa shape index (κ3) is 10.1. The molecule has 0 atom stereocenters. The summed E-state index contributed by atoms with van der Waals surface area (Å²) < 4.78 is 6.25. The van der Waals surface area contributed by atoms with Gasteiger partial charge in [-0.3, -0.25) is 9.78 Å². The van der Waals surface area contributed by atoms with E-state index in [-0.39, 0.29) is 48.9 Å². The van der Waals surface area contributed by atoms with E-state index in [0.29, 0.717) is 5.92 Å². The Morgan fingerprint density at radius 2 is 1.51 bits per heavy atom. The van der Waals surface area contributed by atoms with Gasteiger partial charge in [-0.1, -0.05) is 122 Å². The first-order valence-electron chi connectivity index (χ1n) is 18.6. The Bertz CT molecular complexity index is 1930. The molecule has 1 N–H and O–H groups in total. The van der Waals surface area contributed by atoms with E-state index < -0.39 is 0 Å².